The van der Waals surface area contributed by atoms with Crippen LogP contribution in [0.15, 0.2) is 0 Å². The molecule has 4 nitrogen and oxygen atoms in total. The third-order valence-electron chi connectivity index (χ3n) is 2.74. The number of rotatable bonds is 8. The molecule has 1 rings (SSSR count). The Hall–Kier alpha value is -0.160. The molecule has 15 heavy (non-hydrogen) atoms. The zero-order valence-electron chi connectivity index (χ0n) is 9.76. The van der Waals surface area contributed by atoms with Gasteiger partial charge in [0.1, 0.15) is 0 Å². The van der Waals surface area contributed by atoms with E-state index < -0.39 is 0 Å². The Morgan fingerprint density at radius 3 is 2.60 bits per heavy atom. The van der Waals surface area contributed by atoms with Gasteiger partial charge in [-0.1, -0.05) is 0 Å². The van der Waals surface area contributed by atoms with E-state index in [0.717, 1.165) is 51.9 Å². The zero-order valence-corrected chi connectivity index (χ0v) is 9.76. The average molecular weight is 216 g/mol. The quantitative estimate of drug-likeness (QED) is 0.570. The van der Waals surface area contributed by atoms with Crippen LogP contribution in [0.2, 0.25) is 0 Å². The molecule has 0 aromatic carbocycles. The fourth-order valence-electron chi connectivity index (χ4n) is 1.73. The van der Waals surface area contributed by atoms with Crippen molar-refractivity contribution in [1.82, 2.24) is 10.6 Å². The molecule has 1 aliphatic heterocycles. The SMILES string of the molecule is COCCNCCNCC1CCOCC1. The van der Waals surface area contributed by atoms with E-state index in [2.05, 4.69) is 10.6 Å². The molecule has 0 unspecified atom stereocenters. The molecule has 0 radical (unpaired) electrons. The molecule has 4 heteroatoms. The molecular weight excluding hydrogens is 192 g/mol. The summed E-state index contributed by atoms with van der Waals surface area (Å²) in [7, 11) is 1.73. The molecule has 1 fully saturated rings. The largest absolute Gasteiger partial charge is 0.383 e. The number of hydrogen-bond acceptors (Lipinski definition) is 4. The molecule has 0 atom stereocenters. The summed E-state index contributed by atoms with van der Waals surface area (Å²) in [4.78, 5) is 0. The molecule has 1 saturated heterocycles. The van der Waals surface area contributed by atoms with Crippen LogP contribution < -0.4 is 10.6 Å². The Morgan fingerprint density at radius 2 is 1.87 bits per heavy atom. The Kier molecular flexibility index (Phi) is 7.83. The van der Waals surface area contributed by atoms with Gasteiger partial charge in [0.2, 0.25) is 0 Å². The van der Waals surface area contributed by atoms with Crippen LogP contribution in [0, 0.1) is 5.92 Å². The molecule has 0 aromatic heterocycles. The van der Waals surface area contributed by atoms with E-state index in [9.17, 15) is 0 Å². The van der Waals surface area contributed by atoms with Crippen LogP contribution in [0.25, 0.3) is 0 Å². The maximum Gasteiger partial charge on any atom is 0.0587 e. The average Bonchev–Trinajstić information content (AvgIpc) is 2.29. The molecule has 0 amide bonds. The standard InChI is InChI=1S/C11H24N2O2/c1-14-9-6-12-4-5-13-10-11-2-7-15-8-3-11/h11-13H,2-10H2,1H3. The highest BCUT2D eigenvalue weighted by atomic mass is 16.5. The van der Waals surface area contributed by atoms with Gasteiger partial charge in [-0.15, -0.1) is 0 Å². The van der Waals surface area contributed by atoms with Gasteiger partial charge in [0.05, 0.1) is 6.61 Å². The molecule has 2 N–H and O–H groups in total. The van der Waals surface area contributed by atoms with Gasteiger partial charge in [-0.3, -0.25) is 0 Å². The van der Waals surface area contributed by atoms with Crippen LogP contribution in [-0.4, -0.2) is 53.1 Å². The van der Waals surface area contributed by atoms with Gasteiger partial charge < -0.3 is 20.1 Å². The predicted octanol–water partition coefficient (Wildman–Crippen LogP) is 0.239. The van der Waals surface area contributed by atoms with Gasteiger partial charge in [0.15, 0.2) is 0 Å². The number of hydrogen-bond donors (Lipinski definition) is 2. The van der Waals surface area contributed by atoms with Crippen molar-refractivity contribution in [2.24, 2.45) is 5.92 Å². The van der Waals surface area contributed by atoms with Crippen molar-refractivity contribution in [3.05, 3.63) is 0 Å². The minimum Gasteiger partial charge on any atom is -0.383 e. The molecular formula is C11H24N2O2. The van der Waals surface area contributed by atoms with E-state index in [-0.39, 0.29) is 0 Å². The van der Waals surface area contributed by atoms with Crippen molar-refractivity contribution in [3.8, 4) is 0 Å². The first-order valence-electron chi connectivity index (χ1n) is 5.91. The van der Waals surface area contributed by atoms with Crippen LogP contribution in [0.5, 0.6) is 0 Å². The highest BCUT2D eigenvalue weighted by Crippen LogP contribution is 2.12. The number of methoxy groups -OCH3 is 1. The van der Waals surface area contributed by atoms with Gasteiger partial charge in [-0.25, -0.2) is 0 Å². The third kappa shape index (κ3) is 6.84. The van der Waals surface area contributed by atoms with Crippen molar-refractivity contribution < 1.29 is 9.47 Å². The lowest BCUT2D eigenvalue weighted by Crippen LogP contribution is -2.33. The Labute approximate surface area is 92.7 Å². The maximum absolute atomic E-state index is 5.32. The van der Waals surface area contributed by atoms with E-state index in [4.69, 9.17) is 9.47 Å². The van der Waals surface area contributed by atoms with E-state index in [1.807, 2.05) is 0 Å². The van der Waals surface area contributed by atoms with Crippen molar-refractivity contribution >= 4 is 0 Å². The van der Waals surface area contributed by atoms with Crippen LogP contribution in [0.4, 0.5) is 0 Å². The van der Waals surface area contributed by atoms with Gasteiger partial charge in [-0.05, 0) is 25.3 Å². The summed E-state index contributed by atoms with van der Waals surface area (Å²) in [6, 6.07) is 0. The minimum atomic E-state index is 0.792. The summed E-state index contributed by atoms with van der Waals surface area (Å²) in [5.74, 6) is 0.817. The van der Waals surface area contributed by atoms with E-state index in [1.165, 1.54) is 12.8 Å². The van der Waals surface area contributed by atoms with Crippen LogP contribution >= 0.6 is 0 Å². The van der Waals surface area contributed by atoms with E-state index in [1.54, 1.807) is 7.11 Å². The molecule has 0 spiro atoms. The Morgan fingerprint density at radius 1 is 1.13 bits per heavy atom. The molecule has 90 valence electrons. The smallest absolute Gasteiger partial charge is 0.0587 e. The van der Waals surface area contributed by atoms with Gasteiger partial charge >= 0.3 is 0 Å². The molecule has 1 heterocycles. The first-order valence-corrected chi connectivity index (χ1v) is 5.91. The lowest BCUT2D eigenvalue weighted by molar-refractivity contribution is 0.0664. The second kappa shape index (κ2) is 9.09. The normalized spacial score (nSPS) is 18.2. The first-order chi connectivity index (χ1) is 7.43. The topological polar surface area (TPSA) is 42.5 Å². The maximum atomic E-state index is 5.32. The summed E-state index contributed by atoms with van der Waals surface area (Å²) in [5, 5.41) is 6.78. The second-order valence-electron chi connectivity index (χ2n) is 4.00. The van der Waals surface area contributed by atoms with Crippen molar-refractivity contribution in [3.63, 3.8) is 0 Å². The second-order valence-corrected chi connectivity index (χ2v) is 4.00. The number of ether oxygens (including phenoxy) is 2. The highest BCUT2D eigenvalue weighted by molar-refractivity contribution is 4.66. The van der Waals surface area contributed by atoms with Gasteiger partial charge in [0.25, 0.3) is 0 Å². The Balaban J connectivity index is 1.79. The van der Waals surface area contributed by atoms with E-state index >= 15 is 0 Å². The zero-order chi connectivity index (χ0) is 10.8. The van der Waals surface area contributed by atoms with Crippen molar-refractivity contribution in [1.29, 1.82) is 0 Å². The van der Waals surface area contributed by atoms with Crippen LogP contribution in [0.3, 0.4) is 0 Å². The highest BCUT2D eigenvalue weighted by Gasteiger charge is 2.12. The molecule has 0 aliphatic carbocycles. The number of nitrogens with one attached hydrogen (secondary N) is 2. The summed E-state index contributed by atoms with van der Waals surface area (Å²) >= 11 is 0. The molecule has 0 saturated carbocycles. The lowest BCUT2D eigenvalue weighted by atomic mass is 10.0. The summed E-state index contributed by atoms with van der Waals surface area (Å²) in [5.41, 5.74) is 0. The fourth-order valence-corrected chi connectivity index (χ4v) is 1.73. The lowest BCUT2D eigenvalue weighted by Gasteiger charge is -2.22. The monoisotopic (exact) mass is 216 g/mol. The Bertz CT molecular complexity index is 139. The van der Waals surface area contributed by atoms with E-state index in [0.29, 0.717) is 0 Å². The minimum absolute atomic E-state index is 0.792. The summed E-state index contributed by atoms with van der Waals surface area (Å²) < 4.78 is 10.3. The van der Waals surface area contributed by atoms with Crippen molar-refractivity contribution in [2.45, 2.75) is 12.8 Å². The predicted molar refractivity (Wildman–Crippen MR) is 61.2 cm³/mol. The molecule has 1 aliphatic rings. The summed E-state index contributed by atoms with van der Waals surface area (Å²) in [6.07, 6.45) is 2.42. The summed E-state index contributed by atoms with van der Waals surface area (Å²) in [6.45, 7) is 6.81. The van der Waals surface area contributed by atoms with Crippen molar-refractivity contribution in [2.75, 3.05) is 53.1 Å². The van der Waals surface area contributed by atoms with Crippen LogP contribution in [-0.2, 0) is 9.47 Å². The van der Waals surface area contributed by atoms with Crippen LogP contribution in [0.1, 0.15) is 12.8 Å². The first kappa shape index (κ1) is 12.9. The molecule has 0 aromatic rings. The van der Waals surface area contributed by atoms with Gasteiger partial charge in [0, 0.05) is 40.0 Å². The van der Waals surface area contributed by atoms with Gasteiger partial charge in [-0.2, -0.15) is 0 Å². The fraction of sp³-hybridized carbons (Fsp3) is 1.00. The molecule has 0 bridgehead atoms. The third-order valence-corrected chi connectivity index (χ3v) is 2.74.